The molecule has 2 rings (SSSR count). The summed E-state index contributed by atoms with van der Waals surface area (Å²) in [5.74, 6) is 1.54. The van der Waals surface area contributed by atoms with Gasteiger partial charge in [-0.1, -0.05) is 19.9 Å². The third kappa shape index (κ3) is 3.28. The van der Waals surface area contributed by atoms with Gasteiger partial charge in [0, 0.05) is 18.0 Å². The Hall–Kier alpha value is -1.06. The summed E-state index contributed by atoms with van der Waals surface area (Å²) in [5, 5.41) is 14.0. The summed E-state index contributed by atoms with van der Waals surface area (Å²) in [4.78, 5) is 0. The van der Waals surface area contributed by atoms with Crippen molar-refractivity contribution in [3.05, 3.63) is 29.3 Å². The highest BCUT2D eigenvalue weighted by Crippen LogP contribution is 2.35. The minimum atomic E-state index is -0.443. The van der Waals surface area contributed by atoms with Gasteiger partial charge in [0.1, 0.15) is 5.75 Å². The molecule has 1 aliphatic heterocycles. The molecule has 1 aromatic rings. The van der Waals surface area contributed by atoms with Crippen molar-refractivity contribution >= 4 is 0 Å². The number of benzene rings is 1. The fourth-order valence-corrected chi connectivity index (χ4v) is 2.75. The van der Waals surface area contributed by atoms with E-state index in [0.717, 1.165) is 37.2 Å². The van der Waals surface area contributed by atoms with Crippen molar-refractivity contribution in [3.63, 3.8) is 0 Å². The van der Waals surface area contributed by atoms with E-state index in [2.05, 4.69) is 31.3 Å². The maximum absolute atomic E-state index is 10.6. The largest absolute Gasteiger partial charge is 0.496 e. The van der Waals surface area contributed by atoms with Crippen LogP contribution in [0.1, 0.15) is 49.8 Å². The summed E-state index contributed by atoms with van der Waals surface area (Å²) in [6.45, 7) is 6.28. The lowest BCUT2D eigenvalue weighted by Gasteiger charge is -2.28. The van der Waals surface area contributed by atoms with Crippen LogP contribution < -0.4 is 10.1 Å². The molecule has 0 saturated carbocycles. The van der Waals surface area contributed by atoms with Crippen LogP contribution in [0.25, 0.3) is 0 Å². The number of piperidine rings is 1. The van der Waals surface area contributed by atoms with Gasteiger partial charge in [-0.15, -0.1) is 0 Å². The molecule has 3 heteroatoms. The third-order valence-electron chi connectivity index (χ3n) is 4.02. The van der Waals surface area contributed by atoms with Gasteiger partial charge in [0.05, 0.1) is 13.2 Å². The molecular formula is C16H25NO2. The van der Waals surface area contributed by atoms with Crippen molar-refractivity contribution in [2.24, 2.45) is 5.92 Å². The smallest absolute Gasteiger partial charge is 0.124 e. The van der Waals surface area contributed by atoms with E-state index in [1.54, 1.807) is 7.11 Å². The Morgan fingerprint density at radius 2 is 2.16 bits per heavy atom. The topological polar surface area (TPSA) is 41.5 Å². The van der Waals surface area contributed by atoms with Crippen LogP contribution in [0.15, 0.2) is 18.2 Å². The van der Waals surface area contributed by atoms with Gasteiger partial charge in [-0.2, -0.15) is 0 Å². The van der Waals surface area contributed by atoms with E-state index in [1.165, 1.54) is 5.56 Å². The van der Waals surface area contributed by atoms with Crippen LogP contribution in [0, 0.1) is 5.92 Å². The zero-order valence-corrected chi connectivity index (χ0v) is 12.1. The SMILES string of the molecule is COc1ccc(C(C)C)cc1C(O)C1CCCNC1. The molecule has 2 unspecified atom stereocenters. The highest BCUT2D eigenvalue weighted by molar-refractivity contribution is 5.40. The maximum Gasteiger partial charge on any atom is 0.124 e. The first kappa shape index (κ1) is 14.4. The van der Waals surface area contributed by atoms with E-state index < -0.39 is 6.10 Å². The number of hydrogen-bond acceptors (Lipinski definition) is 3. The van der Waals surface area contributed by atoms with E-state index in [-0.39, 0.29) is 5.92 Å². The molecule has 0 bridgehead atoms. The van der Waals surface area contributed by atoms with Gasteiger partial charge in [0.25, 0.3) is 0 Å². The fraction of sp³-hybridized carbons (Fsp3) is 0.625. The van der Waals surface area contributed by atoms with Crippen molar-refractivity contribution in [2.75, 3.05) is 20.2 Å². The minimum absolute atomic E-state index is 0.282. The Morgan fingerprint density at radius 3 is 2.74 bits per heavy atom. The molecule has 106 valence electrons. The van der Waals surface area contributed by atoms with Gasteiger partial charge < -0.3 is 15.2 Å². The van der Waals surface area contributed by atoms with E-state index in [4.69, 9.17) is 4.74 Å². The summed E-state index contributed by atoms with van der Waals surface area (Å²) in [6.07, 6.45) is 1.76. The van der Waals surface area contributed by atoms with Crippen LogP contribution in [0.2, 0.25) is 0 Å². The molecule has 0 amide bonds. The van der Waals surface area contributed by atoms with Crippen LogP contribution in [0.4, 0.5) is 0 Å². The Bertz CT molecular complexity index is 411. The predicted octanol–water partition coefficient (Wildman–Crippen LogP) is 2.85. The number of nitrogens with one attached hydrogen (secondary N) is 1. The van der Waals surface area contributed by atoms with Crippen LogP contribution in [0.5, 0.6) is 5.75 Å². The normalized spacial score (nSPS) is 21.4. The molecule has 0 aliphatic carbocycles. The molecule has 3 nitrogen and oxygen atoms in total. The number of ether oxygens (including phenoxy) is 1. The second kappa shape index (κ2) is 6.40. The van der Waals surface area contributed by atoms with E-state index in [1.807, 2.05) is 6.07 Å². The summed E-state index contributed by atoms with van der Waals surface area (Å²) >= 11 is 0. The molecule has 2 atom stereocenters. The molecule has 19 heavy (non-hydrogen) atoms. The first-order chi connectivity index (χ1) is 9.13. The zero-order chi connectivity index (χ0) is 13.8. The van der Waals surface area contributed by atoms with Crippen molar-refractivity contribution in [1.29, 1.82) is 0 Å². The lowest BCUT2D eigenvalue weighted by molar-refractivity contribution is 0.0896. The second-order valence-corrected chi connectivity index (χ2v) is 5.71. The van der Waals surface area contributed by atoms with Gasteiger partial charge in [0.2, 0.25) is 0 Å². The summed E-state index contributed by atoms with van der Waals surface area (Å²) in [7, 11) is 1.67. The van der Waals surface area contributed by atoms with Crippen molar-refractivity contribution in [2.45, 2.75) is 38.7 Å². The van der Waals surface area contributed by atoms with Gasteiger partial charge in [-0.25, -0.2) is 0 Å². The van der Waals surface area contributed by atoms with Gasteiger partial charge in [-0.05, 0) is 43.0 Å². The van der Waals surface area contributed by atoms with Gasteiger partial charge >= 0.3 is 0 Å². The van der Waals surface area contributed by atoms with Crippen molar-refractivity contribution in [1.82, 2.24) is 5.32 Å². The molecule has 1 fully saturated rings. The van der Waals surface area contributed by atoms with E-state index in [9.17, 15) is 5.11 Å². The van der Waals surface area contributed by atoms with E-state index in [0.29, 0.717) is 5.92 Å². The van der Waals surface area contributed by atoms with Crippen LogP contribution in [0.3, 0.4) is 0 Å². The molecule has 2 N–H and O–H groups in total. The Morgan fingerprint density at radius 1 is 1.37 bits per heavy atom. The zero-order valence-electron chi connectivity index (χ0n) is 12.1. The Balaban J connectivity index is 2.27. The lowest BCUT2D eigenvalue weighted by Crippen LogP contribution is -2.33. The maximum atomic E-state index is 10.6. The Kier molecular flexibility index (Phi) is 4.83. The average Bonchev–Trinajstić information content (AvgIpc) is 2.46. The molecular weight excluding hydrogens is 238 g/mol. The first-order valence-electron chi connectivity index (χ1n) is 7.20. The first-order valence-corrected chi connectivity index (χ1v) is 7.20. The average molecular weight is 263 g/mol. The molecule has 0 spiro atoms. The third-order valence-corrected chi connectivity index (χ3v) is 4.02. The summed E-state index contributed by atoms with van der Waals surface area (Å²) in [6, 6.07) is 6.16. The number of rotatable bonds is 4. The molecule has 1 aromatic carbocycles. The number of aliphatic hydroxyl groups excluding tert-OH is 1. The monoisotopic (exact) mass is 263 g/mol. The molecule has 1 aliphatic rings. The number of hydrogen-bond donors (Lipinski definition) is 2. The van der Waals surface area contributed by atoms with Gasteiger partial charge in [0.15, 0.2) is 0 Å². The molecule has 1 heterocycles. The van der Waals surface area contributed by atoms with Crippen LogP contribution >= 0.6 is 0 Å². The predicted molar refractivity (Wildman–Crippen MR) is 77.6 cm³/mol. The molecule has 0 aromatic heterocycles. The number of methoxy groups -OCH3 is 1. The van der Waals surface area contributed by atoms with E-state index >= 15 is 0 Å². The molecule has 0 radical (unpaired) electrons. The Labute approximate surface area is 116 Å². The quantitative estimate of drug-likeness (QED) is 0.877. The van der Waals surface area contributed by atoms with Crippen molar-refractivity contribution in [3.8, 4) is 5.75 Å². The fourth-order valence-electron chi connectivity index (χ4n) is 2.75. The molecule has 1 saturated heterocycles. The van der Waals surface area contributed by atoms with Gasteiger partial charge in [-0.3, -0.25) is 0 Å². The highest BCUT2D eigenvalue weighted by Gasteiger charge is 2.25. The lowest BCUT2D eigenvalue weighted by atomic mass is 9.87. The summed E-state index contributed by atoms with van der Waals surface area (Å²) < 4.78 is 5.41. The van der Waals surface area contributed by atoms with Crippen molar-refractivity contribution < 1.29 is 9.84 Å². The number of aliphatic hydroxyl groups is 1. The minimum Gasteiger partial charge on any atom is -0.496 e. The highest BCUT2D eigenvalue weighted by atomic mass is 16.5. The summed E-state index contributed by atoms with van der Waals surface area (Å²) in [5.41, 5.74) is 2.18. The second-order valence-electron chi connectivity index (χ2n) is 5.71. The van der Waals surface area contributed by atoms with Crippen LogP contribution in [-0.4, -0.2) is 25.3 Å². The van der Waals surface area contributed by atoms with Crippen LogP contribution in [-0.2, 0) is 0 Å². The standard InChI is InChI=1S/C16H25NO2/c1-11(2)12-6-7-15(19-3)14(9-12)16(18)13-5-4-8-17-10-13/h6-7,9,11,13,16-18H,4-5,8,10H2,1-3H3.